The highest BCUT2D eigenvalue weighted by atomic mass is 16.3. The summed E-state index contributed by atoms with van der Waals surface area (Å²) < 4.78 is 6.03. The van der Waals surface area contributed by atoms with Gasteiger partial charge in [-0.15, -0.1) is 0 Å². The molecule has 2 aliphatic rings. The molecule has 1 aromatic heterocycles. The molecule has 1 atom stereocenters. The molecular formula is C16H17NO2. The molecule has 4 rings (SSSR count). The molecule has 3 nitrogen and oxygen atoms in total. The normalized spacial score (nSPS) is 22.5. The van der Waals surface area contributed by atoms with Gasteiger partial charge in [-0.1, -0.05) is 12.1 Å². The lowest BCUT2D eigenvalue weighted by Gasteiger charge is -2.30. The summed E-state index contributed by atoms with van der Waals surface area (Å²) in [6.07, 6.45) is 3.37. The molecule has 0 bridgehead atoms. The number of benzene rings is 1. The second-order valence-corrected chi connectivity index (χ2v) is 5.75. The van der Waals surface area contributed by atoms with Crippen molar-refractivity contribution in [2.75, 3.05) is 6.54 Å². The number of hydrogen-bond acceptors (Lipinski definition) is 3. The van der Waals surface area contributed by atoms with Gasteiger partial charge in [0.25, 0.3) is 0 Å². The monoisotopic (exact) mass is 255 g/mol. The predicted octanol–water partition coefficient (Wildman–Crippen LogP) is 2.62. The first-order valence-electron chi connectivity index (χ1n) is 7.02. The molecule has 0 spiro atoms. The molecule has 1 fully saturated rings. The van der Waals surface area contributed by atoms with Gasteiger partial charge in [0.1, 0.15) is 11.3 Å². The molecule has 1 unspecified atom stereocenters. The summed E-state index contributed by atoms with van der Waals surface area (Å²) >= 11 is 0. The molecule has 0 radical (unpaired) electrons. The molecular weight excluding hydrogens is 238 g/mol. The lowest BCUT2D eigenvalue weighted by atomic mass is 9.98. The Labute approximate surface area is 111 Å². The van der Waals surface area contributed by atoms with Crippen LogP contribution in [-0.2, 0) is 13.0 Å². The maximum absolute atomic E-state index is 12.7. The first-order valence-corrected chi connectivity index (χ1v) is 7.02. The van der Waals surface area contributed by atoms with Gasteiger partial charge < -0.3 is 4.42 Å². The van der Waals surface area contributed by atoms with E-state index in [2.05, 4.69) is 4.90 Å². The van der Waals surface area contributed by atoms with E-state index in [-0.39, 0.29) is 5.43 Å². The van der Waals surface area contributed by atoms with Crippen LogP contribution in [0.5, 0.6) is 0 Å². The lowest BCUT2D eigenvalue weighted by molar-refractivity contribution is 0.211. The van der Waals surface area contributed by atoms with Crippen LogP contribution in [0.2, 0.25) is 0 Å². The summed E-state index contributed by atoms with van der Waals surface area (Å²) in [5.74, 6) is 0.922. The molecule has 1 aromatic carbocycles. The smallest absolute Gasteiger partial charge is 0.197 e. The minimum absolute atomic E-state index is 0.180. The van der Waals surface area contributed by atoms with Gasteiger partial charge in [0.2, 0.25) is 0 Å². The number of fused-ring (bicyclic) bond motifs is 3. The molecule has 19 heavy (non-hydrogen) atoms. The van der Waals surface area contributed by atoms with E-state index in [4.69, 9.17) is 4.42 Å². The van der Waals surface area contributed by atoms with Crippen LogP contribution in [0.25, 0.3) is 11.0 Å². The van der Waals surface area contributed by atoms with E-state index in [9.17, 15) is 4.79 Å². The van der Waals surface area contributed by atoms with Gasteiger partial charge >= 0.3 is 0 Å². The highest BCUT2D eigenvalue weighted by molar-refractivity contribution is 5.80. The average Bonchev–Trinajstić information content (AvgIpc) is 2.84. The third-order valence-corrected chi connectivity index (χ3v) is 4.59. The van der Waals surface area contributed by atoms with Crippen LogP contribution in [0.3, 0.4) is 0 Å². The van der Waals surface area contributed by atoms with Gasteiger partial charge in [0.05, 0.1) is 10.9 Å². The van der Waals surface area contributed by atoms with Crippen molar-refractivity contribution in [2.24, 2.45) is 0 Å². The molecule has 0 saturated carbocycles. The van der Waals surface area contributed by atoms with Gasteiger partial charge in [-0.3, -0.25) is 9.69 Å². The van der Waals surface area contributed by atoms with Crippen LogP contribution >= 0.6 is 0 Å². The number of aryl methyl sites for hydroxylation is 1. The van der Waals surface area contributed by atoms with Crippen LogP contribution in [-0.4, -0.2) is 17.5 Å². The summed E-state index contributed by atoms with van der Waals surface area (Å²) in [6, 6.07) is 6.42. The van der Waals surface area contributed by atoms with E-state index in [0.29, 0.717) is 6.04 Å². The Morgan fingerprint density at radius 2 is 2.26 bits per heavy atom. The fraction of sp³-hybridized carbons (Fsp3) is 0.438. The highest BCUT2D eigenvalue weighted by Gasteiger charge is 2.33. The number of hydrogen-bond donors (Lipinski definition) is 0. The molecule has 2 aromatic rings. The van der Waals surface area contributed by atoms with E-state index in [1.165, 1.54) is 12.8 Å². The van der Waals surface area contributed by atoms with Crippen molar-refractivity contribution in [2.45, 2.75) is 38.8 Å². The Bertz CT molecular complexity index is 716. The molecule has 1 saturated heterocycles. The molecule has 0 N–H and O–H groups in total. The van der Waals surface area contributed by atoms with Crippen LogP contribution in [0, 0.1) is 6.92 Å². The van der Waals surface area contributed by atoms with Crippen molar-refractivity contribution >= 4 is 11.0 Å². The molecule has 3 heteroatoms. The standard InChI is InChI=1S/C16H17NO2/c1-10-4-2-6-13-15(10)16(18)12-9-17-7-3-5-11(17)8-14(12)19-13/h2,4,6,11H,3,5,7-9H2,1H3. The topological polar surface area (TPSA) is 33.5 Å². The van der Waals surface area contributed by atoms with Crippen LogP contribution < -0.4 is 5.43 Å². The average molecular weight is 255 g/mol. The first-order chi connectivity index (χ1) is 9.24. The zero-order chi connectivity index (χ0) is 13.0. The SMILES string of the molecule is Cc1cccc2oc3c(c(=O)c12)CN1CCCC1C3. The van der Waals surface area contributed by atoms with Gasteiger partial charge in [-0.25, -0.2) is 0 Å². The van der Waals surface area contributed by atoms with E-state index < -0.39 is 0 Å². The van der Waals surface area contributed by atoms with Gasteiger partial charge in [-0.05, 0) is 37.9 Å². The fourth-order valence-corrected chi connectivity index (χ4v) is 3.57. The Morgan fingerprint density at radius 1 is 1.37 bits per heavy atom. The summed E-state index contributed by atoms with van der Waals surface area (Å²) in [5, 5.41) is 0.763. The van der Waals surface area contributed by atoms with E-state index >= 15 is 0 Å². The van der Waals surface area contributed by atoms with Gasteiger partial charge in [0, 0.05) is 19.0 Å². The minimum Gasteiger partial charge on any atom is -0.460 e. The van der Waals surface area contributed by atoms with Gasteiger partial charge in [-0.2, -0.15) is 0 Å². The zero-order valence-corrected chi connectivity index (χ0v) is 11.1. The lowest BCUT2D eigenvalue weighted by Crippen LogP contribution is -2.38. The predicted molar refractivity (Wildman–Crippen MR) is 74.4 cm³/mol. The van der Waals surface area contributed by atoms with Crippen molar-refractivity contribution in [1.82, 2.24) is 4.90 Å². The first kappa shape index (κ1) is 11.2. The summed E-state index contributed by atoms with van der Waals surface area (Å²) in [5.41, 5.74) is 2.83. The van der Waals surface area contributed by atoms with Crippen LogP contribution in [0.4, 0.5) is 0 Å². The van der Waals surface area contributed by atoms with Crippen molar-refractivity contribution in [3.63, 3.8) is 0 Å². The fourth-order valence-electron chi connectivity index (χ4n) is 3.57. The van der Waals surface area contributed by atoms with Crippen molar-refractivity contribution in [3.8, 4) is 0 Å². The van der Waals surface area contributed by atoms with Crippen molar-refractivity contribution in [3.05, 3.63) is 45.3 Å². The summed E-state index contributed by atoms with van der Waals surface area (Å²) in [7, 11) is 0. The van der Waals surface area contributed by atoms with E-state index in [1.54, 1.807) is 0 Å². The molecule has 0 amide bonds. The Morgan fingerprint density at radius 3 is 3.16 bits per heavy atom. The maximum Gasteiger partial charge on any atom is 0.197 e. The van der Waals surface area contributed by atoms with Crippen LogP contribution in [0.15, 0.2) is 27.4 Å². The number of rotatable bonds is 0. The molecule has 2 aliphatic heterocycles. The summed E-state index contributed by atoms with van der Waals surface area (Å²) in [4.78, 5) is 15.1. The quantitative estimate of drug-likeness (QED) is 0.725. The minimum atomic E-state index is 0.180. The van der Waals surface area contributed by atoms with Crippen molar-refractivity contribution in [1.29, 1.82) is 0 Å². The Balaban J connectivity index is 1.98. The van der Waals surface area contributed by atoms with Gasteiger partial charge in [0.15, 0.2) is 5.43 Å². The third kappa shape index (κ3) is 1.58. The third-order valence-electron chi connectivity index (χ3n) is 4.59. The second kappa shape index (κ2) is 3.94. The van der Waals surface area contributed by atoms with Crippen LogP contribution in [0.1, 0.15) is 29.7 Å². The molecule has 0 aliphatic carbocycles. The van der Waals surface area contributed by atoms with E-state index in [1.807, 2.05) is 25.1 Å². The summed E-state index contributed by atoms with van der Waals surface area (Å²) in [6.45, 7) is 3.87. The number of nitrogens with zero attached hydrogens (tertiary/aromatic N) is 1. The Hall–Kier alpha value is -1.61. The maximum atomic E-state index is 12.7. The largest absolute Gasteiger partial charge is 0.460 e. The second-order valence-electron chi connectivity index (χ2n) is 5.75. The van der Waals surface area contributed by atoms with E-state index in [0.717, 1.165) is 47.4 Å². The zero-order valence-electron chi connectivity index (χ0n) is 11.1. The molecule has 98 valence electrons. The Kier molecular flexibility index (Phi) is 2.33. The highest BCUT2D eigenvalue weighted by Crippen LogP contribution is 2.30. The molecule has 3 heterocycles. The van der Waals surface area contributed by atoms with Crippen molar-refractivity contribution < 1.29 is 4.42 Å².